The standard InChI is InChI=1S/C16H20FNO4/c1-9-10(5-6-11-12(9)8-21-14(11)19)13(17)7-18-15(20)22-16(2,3)4/h5-6,13H,7-8H2,1-4H3,(H,18,20). The molecule has 0 aromatic heterocycles. The quantitative estimate of drug-likeness (QED) is 0.871. The average molecular weight is 309 g/mol. The van der Waals surface area contributed by atoms with E-state index in [0.29, 0.717) is 22.3 Å². The molecule has 1 unspecified atom stereocenters. The summed E-state index contributed by atoms with van der Waals surface area (Å²) >= 11 is 0. The molecule has 0 bridgehead atoms. The number of esters is 1. The first kappa shape index (κ1) is 16.3. The van der Waals surface area contributed by atoms with Gasteiger partial charge in [0.1, 0.15) is 18.4 Å². The third-order valence-electron chi connectivity index (χ3n) is 3.37. The highest BCUT2D eigenvalue weighted by atomic mass is 19.1. The van der Waals surface area contributed by atoms with Gasteiger partial charge in [-0.05, 0) is 44.9 Å². The first-order valence-corrected chi connectivity index (χ1v) is 7.09. The maximum atomic E-state index is 14.4. The molecule has 1 aromatic rings. The number of carbonyl (C=O) groups is 2. The fraction of sp³-hybridized carbons (Fsp3) is 0.500. The van der Waals surface area contributed by atoms with Gasteiger partial charge in [-0.1, -0.05) is 6.07 Å². The molecule has 0 aliphatic carbocycles. The van der Waals surface area contributed by atoms with E-state index in [-0.39, 0.29) is 19.1 Å². The molecule has 0 radical (unpaired) electrons. The lowest BCUT2D eigenvalue weighted by Gasteiger charge is -2.20. The summed E-state index contributed by atoms with van der Waals surface area (Å²) in [5.41, 5.74) is 1.68. The number of rotatable bonds is 3. The lowest BCUT2D eigenvalue weighted by molar-refractivity contribution is 0.0509. The lowest BCUT2D eigenvalue weighted by Crippen LogP contribution is -2.34. The van der Waals surface area contributed by atoms with Gasteiger partial charge in [0.05, 0.1) is 12.1 Å². The van der Waals surface area contributed by atoms with E-state index in [4.69, 9.17) is 9.47 Å². The second-order valence-electron chi connectivity index (χ2n) is 6.23. The van der Waals surface area contributed by atoms with Crippen LogP contribution in [0.2, 0.25) is 0 Å². The Bertz CT molecular complexity index is 607. The Morgan fingerprint density at radius 3 is 2.77 bits per heavy atom. The Hall–Kier alpha value is -2.11. The van der Waals surface area contributed by atoms with Crippen molar-refractivity contribution in [3.63, 3.8) is 0 Å². The van der Waals surface area contributed by atoms with Crippen molar-refractivity contribution in [2.24, 2.45) is 0 Å². The maximum Gasteiger partial charge on any atom is 0.407 e. The third-order valence-corrected chi connectivity index (χ3v) is 3.37. The molecular formula is C16H20FNO4. The van der Waals surface area contributed by atoms with Crippen LogP contribution in [0.5, 0.6) is 0 Å². The van der Waals surface area contributed by atoms with Gasteiger partial charge in [0.25, 0.3) is 0 Å². The Balaban J connectivity index is 2.04. The number of cyclic esters (lactones) is 1. The predicted octanol–water partition coefficient (Wildman–Crippen LogP) is 3.20. The third kappa shape index (κ3) is 3.55. The minimum atomic E-state index is -1.38. The molecule has 1 atom stereocenters. The zero-order valence-electron chi connectivity index (χ0n) is 13.2. The summed E-state index contributed by atoms with van der Waals surface area (Å²) in [4.78, 5) is 23.0. The summed E-state index contributed by atoms with van der Waals surface area (Å²) in [6, 6.07) is 3.12. The number of benzene rings is 1. The van der Waals surface area contributed by atoms with Crippen LogP contribution in [0.3, 0.4) is 0 Å². The number of hydrogen-bond acceptors (Lipinski definition) is 4. The van der Waals surface area contributed by atoms with Gasteiger partial charge >= 0.3 is 12.1 Å². The molecular weight excluding hydrogens is 289 g/mol. The van der Waals surface area contributed by atoms with Crippen molar-refractivity contribution in [2.75, 3.05) is 6.54 Å². The number of ether oxygens (including phenoxy) is 2. The van der Waals surface area contributed by atoms with Crippen LogP contribution in [0.15, 0.2) is 12.1 Å². The Labute approximate surface area is 128 Å². The number of alkyl halides is 1. The summed E-state index contributed by atoms with van der Waals surface area (Å²) in [5, 5.41) is 2.41. The largest absolute Gasteiger partial charge is 0.457 e. The molecule has 0 saturated heterocycles. The smallest absolute Gasteiger partial charge is 0.407 e. The molecule has 6 heteroatoms. The first-order valence-electron chi connectivity index (χ1n) is 7.09. The summed E-state index contributed by atoms with van der Waals surface area (Å²) in [5.74, 6) is -0.382. The highest BCUT2D eigenvalue weighted by Crippen LogP contribution is 2.30. The Morgan fingerprint density at radius 2 is 2.14 bits per heavy atom. The van der Waals surface area contributed by atoms with Crippen LogP contribution < -0.4 is 5.32 Å². The zero-order chi connectivity index (χ0) is 16.5. The van der Waals surface area contributed by atoms with Crippen molar-refractivity contribution in [3.05, 3.63) is 34.4 Å². The number of alkyl carbamates (subject to hydrolysis) is 1. The minimum absolute atomic E-state index is 0.167. The summed E-state index contributed by atoms with van der Waals surface area (Å²) in [6.45, 7) is 6.93. The van der Waals surface area contributed by atoms with E-state index in [1.54, 1.807) is 39.8 Å². The SMILES string of the molecule is Cc1c(C(F)CNC(=O)OC(C)(C)C)ccc2c1COC2=O. The van der Waals surface area contributed by atoms with Gasteiger partial charge in [-0.2, -0.15) is 0 Å². The van der Waals surface area contributed by atoms with E-state index in [9.17, 15) is 14.0 Å². The molecule has 22 heavy (non-hydrogen) atoms. The molecule has 0 fully saturated rings. The molecule has 1 aliphatic rings. The van der Waals surface area contributed by atoms with E-state index >= 15 is 0 Å². The van der Waals surface area contributed by atoms with Gasteiger partial charge < -0.3 is 14.8 Å². The van der Waals surface area contributed by atoms with Crippen LogP contribution in [0.1, 0.15) is 54.0 Å². The predicted molar refractivity (Wildman–Crippen MR) is 78.4 cm³/mol. The van der Waals surface area contributed by atoms with E-state index in [1.165, 1.54) is 0 Å². The normalized spacial score (nSPS) is 15.0. The zero-order valence-corrected chi connectivity index (χ0v) is 13.2. The van der Waals surface area contributed by atoms with Crippen LogP contribution in [0, 0.1) is 6.92 Å². The highest BCUT2D eigenvalue weighted by Gasteiger charge is 2.26. The topological polar surface area (TPSA) is 64.6 Å². The van der Waals surface area contributed by atoms with Gasteiger partial charge in [-0.25, -0.2) is 14.0 Å². The molecule has 1 amide bonds. The van der Waals surface area contributed by atoms with Gasteiger partial charge in [0.2, 0.25) is 0 Å². The molecule has 1 aromatic carbocycles. The van der Waals surface area contributed by atoms with E-state index in [0.717, 1.165) is 0 Å². The Morgan fingerprint density at radius 1 is 1.45 bits per heavy atom. The molecule has 1 N–H and O–H groups in total. The number of carbonyl (C=O) groups excluding carboxylic acids is 2. The van der Waals surface area contributed by atoms with Gasteiger partial charge in [-0.15, -0.1) is 0 Å². The number of nitrogens with one attached hydrogen (secondary N) is 1. The lowest BCUT2D eigenvalue weighted by atomic mass is 9.96. The second-order valence-corrected chi connectivity index (χ2v) is 6.23. The van der Waals surface area contributed by atoms with Crippen molar-refractivity contribution in [3.8, 4) is 0 Å². The van der Waals surface area contributed by atoms with Crippen molar-refractivity contribution in [1.29, 1.82) is 0 Å². The van der Waals surface area contributed by atoms with Crippen molar-refractivity contribution in [1.82, 2.24) is 5.32 Å². The first-order chi connectivity index (χ1) is 10.2. The van der Waals surface area contributed by atoms with Crippen molar-refractivity contribution in [2.45, 2.75) is 46.1 Å². The van der Waals surface area contributed by atoms with Crippen LogP contribution >= 0.6 is 0 Å². The van der Waals surface area contributed by atoms with Crippen LogP contribution in [0.4, 0.5) is 9.18 Å². The van der Waals surface area contributed by atoms with Crippen molar-refractivity contribution < 1.29 is 23.5 Å². The highest BCUT2D eigenvalue weighted by molar-refractivity contribution is 5.93. The fourth-order valence-corrected chi connectivity index (χ4v) is 2.30. The molecule has 120 valence electrons. The molecule has 5 nitrogen and oxygen atoms in total. The van der Waals surface area contributed by atoms with E-state index in [2.05, 4.69) is 5.32 Å². The van der Waals surface area contributed by atoms with Crippen LogP contribution in [0.25, 0.3) is 0 Å². The molecule has 0 spiro atoms. The average Bonchev–Trinajstić information content (AvgIpc) is 2.77. The fourth-order valence-electron chi connectivity index (χ4n) is 2.30. The maximum absolute atomic E-state index is 14.4. The minimum Gasteiger partial charge on any atom is -0.457 e. The van der Waals surface area contributed by atoms with E-state index in [1.807, 2.05) is 0 Å². The van der Waals surface area contributed by atoms with Crippen LogP contribution in [-0.2, 0) is 16.1 Å². The monoisotopic (exact) mass is 309 g/mol. The van der Waals surface area contributed by atoms with Gasteiger partial charge in [0.15, 0.2) is 0 Å². The summed E-state index contributed by atoms with van der Waals surface area (Å²) in [7, 11) is 0. The number of fused-ring (bicyclic) bond motifs is 1. The van der Waals surface area contributed by atoms with E-state index < -0.39 is 17.9 Å². The summed E-state index contributed by atoms with van der Waals surface area (Å²) in [6.07, 6.45) is -2.04. The molecule has 1 aliphatic heterocycles. The van der Waals surface area contributed by atoms with Gasteiger partial charge in [0, 0.05) is 5.56 Å². The summed E-state index contributed by atoms with van der Waals surface area (Å²) < 4.78 is 24.4. The number of hydrogen-bond donors (Lipinski definition) is 1. The van der Waals surface area contributed by atoms with Crippen LogP contribution in [-0.4, -0.2) is 24.2 Å². The number of halogens is 1. The Kier molecular flexibility index (Phi) is 4.39. The molecule has 1 heterocycles. The number of amides is 1. The van der Waals surface area contributed by atoms with Gasteiger partial charge in [-0.3, -0.25) is 0 Å². The van der Waals surface area contributed by atoms with Crippen molar-refractivity contribution >= 4 is 12.1 Å². The molecule has 0 saturated carbocycles. The molecule has 2 rings (SSSR count). The second kappa shape index (κ2) is 5.94.